The van der Waals surface area contributed by atoms with E-state index < -0.39 is 17.7 Å². The lowest BCUT2D eigenvalue weighted by molar-refractivity contribution is -0.0585. The van der Waals surface area contributed by atoms with Gasteiger partial charge in [-0.1, -0.05) is 6.07 Å². The maximum absolute atomic E-state index is 11.5. The number of ether oxygens (including phenoxy) is 1. The van der Waals surface area contributed by atoms with Crippen molar-refractivity contribution in [3.63, 3.8) is 0 Å². The van der Waals surface area contributed by atoms with Crippen molar-refractivity contribution in [1.29, 1.82) is 0 Å². The highest BCUT2D eigenvalue weighted by Crippen LogP contribution is 2.12. The summed E-state index contributed by atoms with van der Waals surface area (Å²) in [6.07, 6.45) is 0.441. The molecule has 0 saturated carbocycles. The Morgan fingerprint density at radius 2 is 2.00 bits per heavy atom. The fourth-order valence-electron chi connectivity index (χ4n) is 0.938. The van der Waals surface area contributed by atoms with E-state index in [0.717, 1.165) is 0 Å². The van der Waals surface area contributed by atoms with Gasteiger partial charge in [0.15, 0.2) is 5.69 Å². The highest BCUT2D eigenvalue weighted by atomic mass is 35.5. The minimum atomic E-state index is -0.978. The number of carbonyl (C=O) groups excluding carboxylic acids is 2. The first-order valence-corrected chi connectivity index (χ1v) is 5.45. The van der Waals surface area contributed by atoms with Crippen LogP contribution in [-0.4, -0.2) is 27.2 Å². The molecule has 6 nitrogen and oxygen atoms in total. The third-order valence-electron chi connectivity index (χ3n) is 1.57. The molecule has 7 heteroatoms. The smallest absolute Gasteiger partial charge is 0.441 e. The van der Waals surface area contributed by atoms with E-state index in [1.807, 2.05) is 0 Å². The van der Waals surface area contributed by atoms with Gasteiger partial charge in [0, 0.05) is 6.20 Å². The van der Waals surface area contributed by atoms with E-state index in [0.29, 0.717) is 0 Å². The highest BCUT2D eigenvalue weighted by Gasteiger charge is 2.25. The van der Waals surface area contributed by atoms with E-state index >= 15 is 0 Å². The molecule has 0 N–H and O–H groups in total. The predicted molar refractivity (Wildman–Crippen MR) is 63.6 cm³/mol. The summed E-state index contributed by atoms with van der Waals surface area (Å²) in [5, 5.41) is 0. The van der Waals surface area contributed by atoms with Crippen LogP contribution in [0.15, 0.2) is 24.4 Å². The molecule has 0 aliphatic rings. The van der Waals surface area contributed by atoms with Crippen LogP contribution in [0.3, 0.4) is 0 Å². The van der Waals surface area contributed by atoms with Crippen molar-refractivity contribution in [1.82, 2.24) is 9.57 Å². The fourth-order valence-corrected chi connectivity index (χ4v) is 1.04. The summed E-state index contributed by atoms with van der Waals surface area (Å²) in [6.45, 7) is 4.99. The molecule has 0 fully saturated rings. The van der Waals surface area contributed by atoms with E-state index in [-0.39, 0.29) is 10.3 Å². The second-order valence-corrected chi connectivity index (χ2v) is 4.63. The van der Waals surface area contributed by atoms with Gasteiger partial charge in [-0.05, 0) is 37.5 Å². The summed E-state index contributed by atoms with van der Waals surface area (Å²) in [7, 11) is 0. The molecule has 0 radical (unpaired) electrons. The SMILES string of the molecule is CC(C)(C)OC(=O)N(Cl)OC(=O)c1ccccn1. The molecule has 0 aromatic carbocycles. The Morgan fingerprint density at radius 1 is 1.33 bits per heavy atom. The van der Waals surface area contributed by atoms with E-state index in [4.69, 9.17) is 16.5 Å². The summed E-state index contributed by atoms with van der Waals surface area (Å²) in [6, 6.07) is 4.68. The van der Waals surface area contributed by atoms with Crippen LogP contribution in [0.2, 0.25) is 0 Å². The standard InChI is InChI=1S/C11H13ClN2O4/c1-11(2,3)17-10(16)14(12)18-9(15)8-6-4-5-7-13-8/h4-7H,1-3H3. The van der Waals surface area contributed by atoms with Gasteiger partial charge in [0.2, 0.25) is 0 Å². The summed E-state index contributed by atoms with van der Waals surface area (Å²) >= 11 is 5.47. The van der Waals surface area contributed by atoms with Gasteiger partial charge in [-0.25, -0.2) is 14.6 Å². The molecule has 0 aliphatic carbocycles. The van der Waals surface area contributed by atoms with E-state index in [2.05, 4.69) is 9.82 Å². The van der Waals surface area contributed by atoms with Crippen molar-refractivity contribution in [2.45, 2.75) is 26.4 Å². The number of pyridine rings is 1. The maximum Gasteiger partial charge on any atom is 0.459 e. The summed E-state index contributed by atoms with van der Waals surface area (Å²) in [5.74, 6) is -0.851. The Kier molecular flexibility index (Phi) is 4.49. The van der Waals surface area contributed by atoms with Crippen LogP contribution in [0.4, 0.5) is 4.79 Å². The Hall–Kier alpha value is -1.82. The summed E-state index contributed by atoms with van der Waals surface area (Å²) in [5.41, 5.74) is -0.701. The van der Waals surface area contributed by atoms with Crippen LogP contribution >= 0.6 is 11.8 Å². The second-order valence-electron chi connectivity index (χ2n) is 4.32. The summed E-state index contributed by atoms with van der Waals surface area (Å²) < 4.78 is 5.10. The first-order chi connectivity index (χ1) is 8.29. The minimum Gasteiger partial charge on any atom is -0.441 e. The van der Waals surface area contributed by atoms with Gasteiger partial charge >= 0.3 is 12.1 Å². The van der Waals surface area contributed by atoms with Crippen molar-refractivity contribution < 1.29 is 19.2 Å². The quantitative estimate of drug-likeness (QED) is 0.580. The zero-order chi connectivity index (χ0) is 13.8. The number of nitrogens with zero attached hydrogens (tertiary/aromatic N) is 2. The molecule has 0 bridgehead atoms. The van der Waals surface area contributed by atoms with Crippen molar-refractivity contribution in [2.75, 3.05) is 0 Å². The van der Waals surface area contributed by atoms with Crippen LogP contribution in [-0.2, 0) is 9.57 Å². The number of hydroxylamine groups is 1. The highest BCUT2D eigenvalue weighted by molar-refractivity contribution is 6.19. The molecule has 0 spiro atoms. The Labute approximate surface area is 110 Å². The minimum absolute atomic E-state index is 0.0340. The molecule has 18 heavy (non-hydrogen) atoms. The summed E-state index contributed by atoms with van der Waals surface area (Å²) in [4.78, 5) is 31.2. The molecule has 1 rings (SSSR count). The lowest BCUT2D eigenvalue weighted by Crippen LogP contribution is -2.32. The number of rotatable bonds is 1. The van der Waals surface area contributed by atoms with Crippen molar-refractivity contribution in [3.8, 4) is 0 Å². The second kappa shape index (κ2) is 5.68. The van der Waals surface area contributed by atoms with Gasteiger partial charge in [0.05, 0.1) is 11.8 Å². The number of carbonyl (C=O) groups is 2. The van der Waals surface area contributed by atoms with E-state index in [9.17, 15) is 9.59 Å². The third kappa shape index (κ3) is 4.58. The number of hydrogen-bond acceptors (Lipinski definition) is 5. The number of halogens is 1. The molecule has 1 heterocycles. The van der Waals surface area contributed by atoms with Crippen LogP contribution in [0.1, 0.15) is 31.3 Å². The van der Waals surface area contributed by atoms with Gasteiger partial charge in [0.25, 0.3) is 0 Å². The first kappa shape index (κ1) is 14.2. The van der Waals surface area contributed by atoms with Crippen LogP contribution in [0.25, 0.3) is 0 Å². The third-order valence-corrected chi connectivity index (χ3v) is 1.78. The predicted octanol–water partition coefficient (Wildman–Crippen LogP) is 2.54. The molecule has 0 saturated heterocycles. The zero-order valence-corrected chi connectivity index (χ0v) is 11.0. The van der Waals surface area contributed by atoms with Gasteiger partial charge in [0.1, 0.15) is 5.60 Å². The van der Waals surface area contributed by atoms with E-state index in [1.165, 1.54) is 12.3 Å². The lowest BCUT2D eigenvalue weighted by Gasteiger charge is -2.21. The Balaban J connectivity index is 2.58. The normalized spacial score (nSPS) is 10.7. The molecule has 1 aromatic rings. The van der Waals surface area contributed by atoms with Crippen LogP contribution in [0, 0.1) is 0 Å². The van der Waals surface area contributed by atoms with Gasteiger partial charge in [-0.2, -0.15) is 0 Å². The lowest BCUT2D eigenvalue weighted by atomic mass is 10.2. The number of hydrogen-bond donors (Lipinski definition) is 0. The zero-order valence-electron chi connectivity index (χ0n) is 10.2. The molecule has 98 valence electrons. The molecular weight excluding hydrogens is 260 g/mol. The molecule has 0 unspecified atom stereocenters. The van der Waals surface area contributed by atoms with Crippen molar-refractivity contribution in [3.05, 3.63) is 30.1 Å². The first-order valence-electron chi connectivity index (χ1n) is 5.12. The average molecular weight is 273 g/mol. The number of aromatic nitrogens is 1. The monoisotopic (exact) mass is 272 g/mol. The number of amides is 1. The largest absolute Gasteiger partial charge is 0.459 e. The van der Waals surface area contributed by atoms with Crippen molar-refractivity contribution in [2.24, 2.45) is 0 Å². The Bertz CT molecular complexity index is 430. The van der Waals surface area contributed by atoms with Gasteiger partial charge in [-0.3, -0.25) is 0 Å². The molecule has 1 amide bonds. The topological polar surface area (TPSA) is 68.7 Å². The van der Waals surface area contributed by atoms with Crippen LogP contribution in [0.5, 0.6) is 0 Å². The molecule has 0 aliphatic heterocycles. The molecular formula is C11H13ClN2O4. The molecule has 1 aromatic heterocycles. The molecule has 0 atom stereocenters. The van der Waals surface area contributed by atoms with Crippen molar-refractivity contribution >= 4 is 23.8 Å². The van der Waals surface area contributed by atoms with E-state index in [1.54, 1.807) is 32.9 Å². The van der Waals surface area contributed by atoms with Gasteiger partial charge < -0.3 is 9.57 Å². The average Bonchev–Trinajstić information content (AvgIpc) is 2.27. The fraction of sp³-hybridized carbons (Fsp3) is 0.364. The maximum atomic E-state index is 11.5. The Morgan fingerprint density at radius 3 is 2.50 bits per heavy atom. The van der Waals surface area contributed by atoms with Gasteiger partial charge in [-0.15, -0.1) is 0 Å². The van der Waals surface area contributed by atoms with Crippen LogP contribution < -0.4 is 0 Å².